The standard InChI is InChI=1S/C39H53NO9/c1-37(2,3)49-33(42)13-11-27(21-41)40-35(43)26-18-30-34(46-22-45-30)31(19-26)47-36(44)25-9-7-8-23(17-25)16-24-10-12-32-39(6,48-32)15-14-29-28(24)20-38(29,4)5/h7-9,16-18,27-32,34,41H,10-15,19-22H2,1-6H3,(H,40,43)/t27-,28+,29+,30+,31+,32?,34+,39+/m0/s1. The molecule has 2 heterocycles. The van der Waals surface area contributed by atoms with Crippen LogP contribution in [0.2, 0.25) is 0 Å². The number of fused-ring (bicyclic) bond motifs is 3. The highest BCUT2D eigenvalue weighted by atomic mass is 16.7. The molecule has 5 aliphatic rings. The predicted molar refractivity (Wildman–Crippen MR) is 182 cm³/mol. The number of aliphatic hydroxyl groups is 1. The van der Waals surface area contributed by atoms with Gasteiger partial charge in [0.05, 0.1) is 29.9 Å². The maximum absolute atomic E-state index is 13.6. The Labute approximate surface area is 289 Å². The number of carbonyl (C=O) groups excluding carboxylic acids is 3. The third-order valence-corrected chi connectivity index (χ3v) is 11.1. The van der Waals surface area contributed by atoms with Crippen LogP contribution < -0.4 is 5.32 Å². The maximum Gasteiger partial charge on any atom is 0.338 e. The molecule has 0 radical (unpaired) electrons. The lowest BCUT2D eigenvalue weighted by atomic mass is 9.52. The lowest BCUT2D eigenvalue weighted by Gasteiger charge is -2.53. The van der Waals surface area contributed by atoms with Gasteiger partial charge in [0.25, 0.3) is 0 Å². The molecule has 2 N–H and O–H groups in total. The Morgan fingerprint density at radius 2 is 1.94 bits per heavy atom. The van der Waals surface area contributed by atoms with Crippen LogP contribution in [0.25, 0.3) is 6.08 Å². The fourth-order valence-electron chi connectivity index (χ4n) is 8.28. The number of epoxide rings is 1. The molecule has 1 aromatic carbocycles. The van der Waals surface area contributed by atoms with Gasteiger partial charge in [-0.15, -0.1) is 0 Å². The molecule has 0 bridgehead atoms. The Kier molecular flexibility index (Phi) is 10.2. The maximum atomic E-state index is 13.6. The molecule has 2 saturated heterocycles. The number of rotatable bonds is 9. The second-order valence-electron chi connectivity index (χ2n) is 16.4. The number of hydrogen-bond acceptors (Lipinski definition) is 9. The summed E-state index contributed by atoms with van der Waals surface area (Å²) in [6.07, 6.45) is 8.29. The Morgan fingerprint density at radius 1 is 1.14 bits per heavy atom. The van der Waals surface area contributed by atoms with Gasteiger partial charge in [0, 0.05) is 18.4 Å². The van der Waals surface area contributed by atoms with E-state index >= 15 is 0 Å². The third kappa shape index (κ3) is 8.30. The van der Waals surface area contributed by atoms with Crippen molar-refractivity contribution < 1.29 is 43.2 Å². The van der Waals surface area contributed by atoms with E-state index in [2.05, 4.69) is 32.2 Å². The monoisotopic (exact) mass is 679 g/mol. The molecule has 49 heavy (non-hydrogen) atoms. The van der Waals surface area contributed by atoms with Gasteiger partial charge in [0.2, 0.25) is 5.91 Å². The number of amides is 1. The van der Waals surface area contributed by atoms with Gasteiger partial charge < -0.3 is 34.1 Å². The van der Waals surface area contributed by atoms with Crippen LogP contribution in [0.15, 0.2) is 41.5 Å². The zero-order chi connectivity index (χ0) is 35.1. The van der Waals surface area contributed by atoms with E-state index in [0.29, 0.717) is 34.5 Å². The highest BCUT2D eigenvalue weighted by molar-refractivity contribution is 5.94. The minimum absolute atomic E-state index is 0.0248. The summed E-state index contributed by atoms with van der Waals surface area (Å²) in [6, 6.07) is 6.89. The first-order chi connectivity index (χ1) is 23.1. The third-order valence-electron chi connectivity index (χ3n) is 11.1. The molecule has 0 aromatic heterocycles. The van der Waals surface area contributed by atoms with Crippen LogP contribution in [0.4, 0.5) is 0 Å². The predicted octanol–water partition coefficient (Wildman–Crippen LogP) is 5.66. The second kappa shape index (κ2) is 13.9. The molecule has 1 unspecified atom stereocenters. The van der Waals surface area contributed by atoms with Crippen molar-refractivity contribution in [3.05, 3.63) is 52.6 Å². The van der Waals surface area contributed by atoms with Crippen LogP contribution in [0.3, 0.4) is 0 Å². The first kappa shape index (κ1) is 35.8. The van der Waals surface area contributed by atoms with Crippen molar-refractivity contribution in [3.8, 4) is 0 Å². The molecule has 268 valence electrons. The summed E-state index contributed by atoms with van der Waals surface area (Å²) >= 11 is 0. The topological polar surface area (TPSA) is 133 Å². The summed E-state index contributed by atoms with van der Waals surface area (Å²) in [5.41, 5.74) is 2.93. The lowest BCUT2D eigenvalue weighted by molar-refractivity contribution is -0.155. The largest absolute Gasteiger partial charge is 0.460 e. The molecule has 6 rings (SSSR count). The SMILES string of the molecule is CC(C)(C)OC(=O)CC[C@@H](CO)NC(=O)C1=C[C@H]2OCO[C@H]2[C@H](OC(=O)c2cccc(C=C3CCC4O[C@]4(C)CC[C@@H]4[C@@H]3CC4(C)C)c2)C1. The van der Waals surface area contributed by atoms with Crippen LogP contribution in [-0.2, 0) is 33.3 Å². The van der Waals surface area contributed by atoms with Gasteiger partial charge in [0.15, 0.2) is 0 Å². The van der Waals surface area contributed by atoms with Gasteiger partial charge in [-0.05, 0) is 107 Å². The number of carbonyl (C=O) groups is 3. The molecule has 1 aromatic rings. The van der Waals surface area contributed by atoms with Gasteiger partial charge in [-0.3, -0.25) is 9.59 Å². The van der Waals surface area contributed by atoms with E-state index in [-0.39, 0.29) is 38.3 Å². The van der Waals surface area contributed by atoms with Crippen LogP contribution in [0, 0.1) is 17.3 Å². The molecular weight excluding hydrogens is 626 g/mol. The van der Waals surface area contributed by atoms with E-state index in [0.717, 1.165) is 24.8 Å². The number of hydrogen-bond donors (Lipinski definition) is 2. The highest BCUT2D eigenvalue weighted by Crippen LogP contribution is 2.59. The molecule has 0 spiro atoms. The molecule has 1 amide bonds. The van der Waals surface area contributed by atoms with Crippen LogP contribution >= 0.6 is 0 Å². The first-order valence-corrected chi connectivity index (χ1v) is 17.9. The zero-order valence-corrected chi connectivity index (χ0v) is 29.8. The van der Waals surface area contributed by atoms with E-state index in [1.54, 1.807) is 32.9 Å². The van der Waals surface area contributed by atoms with E-state index in [1.165, 1.54) is 18.4 Å². The van der Waals surface area contributed by atoms with Crippen molar-refractivity contribution in [1.82, 2.24) is 5.32 Å². The quantitative estimate of drug-likeness (QED) is 0.251. The van der Waals surface area contributed by atoms with Crippen molar-refractivity contribution in [1.29, 1.82) is 0 Å². The first-order valence-electron chi connectivity index (χ1n) is 17.9. The number of nitrogens with one attached hydrogen (secondary N) is 1. The molecule has 2 saturated carbocycles. The van der Waals surface area contributed by atoms with Crippen LogP contribution in [0.1, 0.15) is 109 Å². The normalized spacial score (nSPS) is 33.2. The molecule has 10 nitrogen and oxygen atoms in total. The Bertz CT molecular complexity index is 1490. The fraction of sp³-hybridized carbons (Fsp3) is 0.667. The Hall–Kier alpha value is -3.05. The van der Waals surface area contributed by atoms with Gasteiger partial charge in [-0.1, -0.05) is 37.6 Å². The summed E-state index contributed by atoms with van der Waals surface area (Å²) in [6.45, 7) is 12.1. The van der Waals surface area contributed by atoms with E-state index in [4.69, 9.17) is 23.7 Å². The van der Waals surface area contributed by atoms with Crippen LogP contribution in [0.5, 0.6) is 0 Å². The van der Waals surface area contributed by atoms with Gasteiger partial charge in [-0.25, -0.2) is 4.79 Å². The molecule has 3 aliphatic carbocycles. The number of aliphatic hydroxyl groups excluding tert-OH is 1. The number of allylic oxidation sites excluding steroid dienone is 1. The molecule has 10 heteroatoms. The fourth-order valence-corrected chi connectivity index (χ4v) is 8.28. The van der Waals surface area contributed by atoms with Gasteiger partial charge in [0.1, 0.15) is 30.7 Å². The number of benzene rings is 1. The second-order valence-corrected chi connectivity index (χ2v) is 16.4. The minimum Gasteiger partial charge on any atom is -0.460 e. The van der Waals surface area contributed by atoms with Crippen LogP contribution in [-0.4, -0.2) is 78.0 Å². The number of ether oxygens (including phenoxy) is 5. The molecule has 2 aliphatic heterocycles. The summed E-state index contributed by atoms with van der Waals surface area (Å²) in [5, 5.41) is 12.7. The van der Waals surface area contributed by atoms with E-state index in [1.807, 2.05) is 18.2 Å². The van der Waals surface area contributed by atoms with Crippen molar-refractivity contribution in [2.24, 2.45) is 17.3 Å². The smallest absolute Gasteiger partial charge is 0.338 e. The summed E-state index contributed by atoms with van der Waals surface area (Å²) in [7, 11) is 0. The average molecular weight is 680 g/mol. The van der Waals surface area contributed by atoms with Crippen molar-refractivity contribution >= 4 is 23.9 Å². The molecule has 8 atom stereocenters. The lowest BCUT2D eigenvalue weighted by Crippen LogP contribution is -2.45. The molecule has 4 fully saturated rings. The number of esters is 2. The Morgan fingerprint density at radius 3 is 2.67 bits per heavy atom. The summed E-state index contributed by atoms with van der Waals surface area (Å²) in [5.74, 6) is -0.149. The summed E-state index contributed by atoms with van der Waals surface area (Å²) < 4.78 is 29.0. The Balaban J connectivity index is 1.11. The average Bonchev–Trinajstić information content (AvgIpc) is 3.41. The van der Waals surface area contributed by atoms with Crippen molar-refractivity contribution in [3.63, 3.8) is 0 Å². The summed E-state index contributed by atoms with van der Waals surface area (Å²) in [4.78, 5) is 39.1. The van der Waals surface area contributed by atoms with Gasteiger partial charge in [-0.2, -0.15) is 0 Å². The van der Waals surface area contributed by atoms with E-state index in [9.17, 15) is 19.5 Å². The van der Waals surface area contributed by atoms with E-state index < -0.39 is 47.8 Å². The van der Waals surface area contributed by atoms with Gasteiger partial charge >= 0.3 is 11.9 Å². The minimum atomic E-state index is -0.748. The van der Waals surface area contributed by atoms with Crippen molar-refractivity contribution in [2.45, 2.75) is 135 Å². The van der Waals surface area contributed by atoms with Crippen molar-refractivity contribution in [2.75, 3.05) is 13.4 Å². The zero-order valence-electron chi connectivity index (χ0n) is 29.8. The highest BCUT2D eigenvalue weighted by Gasteiger charge is 2.56. The molecular formula is C39H53NO9.